The summed E-state index contributed by atoms with van der Waals surface area (Å²) in [6.45, 7) is 14.2. The van der Waals surface area contributed by atoms with E-state index in [9.17, 15) is 14.7 Å². The number of hydrogen-bond acceptors (Lipinski definition) is 6. The lowest BCUT2D eigenvalue weighted by atomic mass is 9.34. The summed E-state index contributed by atoms with van der Waals surface area (Å²) in [5, 5.41) is 11.1. The molecular weight excluding hydrogens is 442 g/mol. The summed E-state index contributed by atoms with van der Waals surface area (Å²) in [6.07, 6.45) is 6.29. The fraction of sp³-hybridized carbons (Fsp3) is 0.862. The molecule has 1 spiro atoms. The van der Waals surface area contributed by atoms with Gasteiger partial charge >= 0.3 is 5.97 Å². The first-order chi connectivity index (χ1) is 16.4. The lowest BCUT2D eigenvalue weighted by molar-refractivity contribution is -0.380. The molecule has 7 aliphatic rings. The van der Waals surface area contributed by atoms with Gasteiger partial charge in [0.05, 0.1) is 18.6 Å². The number of fused-ring (bicyclic) bond motifs is 5. The van der Waals surface area contributed by atoms with Crippen molar-refractivity contribution in [2.75, 3.05) is 6.54 Å². The quantitative estimate of drug-likeness (QED) is 0.411. The van der Waals surface area contributed by atoms with E-state index in [0.29, 0.717) is 31.6 Å². The molecule has 35 heavy (non-hydrogen) atoms. The summed E-state index contributed by atoms with van der Waals surface area (Å²) in [6, 6.07) is 0. The molecule has 0 radical (unpaired) electrons. The van der Waals surface area contributed by atoms with E-state index in [2.05, 4.69) is 39.2 Å². The van der Waals surface area contributed by atoms with Crippen LogP contribution < -0.4 is 0 Å². The Morgan fingerprint density at radius 3 is 2.66 bits per heavy atom. The Balaban J connectivity index is 1.43. The zero-order valence-electron chi connectivity index (χ0n) is 21.8. The minimum Gasteiger partial charge on any atom is -0.443 e. The number of carbonyl (C=O) groups excluding carboxylic acids is 2. The SMILES string of the molecule is C=C1C[C@@H]2[C@H](CC(=O)[C@H]3[C@@]2(C)C[C@@]24OC(=O)C[C@]3(C)[C@]2(C)CCC23C[C@@H](C)C[C@H](CN24)O3)[C@@H](O)C1. The second kappa shape index (κ2) is 6.60. The summed E-state index contributed by atoms with van der Waals surface area (Å²) < 4.78 is 13.4. The van der Waals surface area contributed by atoms with Gasteiger partial charge in [0.1, 0.15) is 11.5 Å². The predicted octanol–water partition coefficient (Wildman–Crippen LogP) is 4.21. The number of carbonyl (C=O) groups is 2. The number of hydrogen-bond donors (Lipinski definition) is 1. The minimum absolute atomic E-state index is 0.0401. The van der Waals surface area contributed by atoms with Gasteiger partial charge in [-0.05, 0) is 67.1 Å². The summed E-state index contributed by atoms with van der Waals surface area (Å²) in [7, 11) is 0. The first kappa shape index (κ1) is 22.9. The maximum atomic E-state index is 14.1. The molecule has 7 rings (SSSR count). The van der Waals surface area contributed by atoms with Gasteiger partial charge in [0.25, 0.3) is 0 Å². The van der Waals surface area contributed by atoms with Gasteiger partial charge in [-0.1, -0.05) is 39.8 Å². The lowest BCUT2D eigenvalue weighted by Gasteiger charge is -2.76. The van der Waals surface area contributed by atoms with Crippen LogP contribution in [0.25, 0.3) is 0 Å². The lowest BCUT2D eigenvalue weighted by Crippen LogP contribution is -2.82. The van der Waals surface area contributed by atoms with Crippen molar-refractivity contribution >= 4 is 11.8 Å². The Hall–Kier alpha value is -1.24. The third-order valence-corrected chi connectivity index (χ3v) is 12.5. The molecule has 0 aromatic carbocycles. The van der Waals surface area contributed by atoms with Crippen molar-refractivity contribution in [2.24, 2.45) is 39.9 Å². The first-order valence-electron chi connectivity index (χ1n) is 13.9. The molecule has 4 bridgehead atoms. The van der Waals surface area contributed by atoms with Crippen LogP contribution in [0.4, 0.5) is 0 Å². The molecule has 0 aromatic heterocycles. The number of aliphatic hydroxyl groups excluding tert-OH is 1. The second-order valence-electron chi connectivity index (χ2n) is 14.3. The predicted molar refractivity (Wildman–Crippen MR) is 129 cm³/mol. The molecule has 4 saturated heterocycles. The average molecular weight is 484 g/mol. The maximum Gasteiger partial charge on any atom is 0.308 e. The van der Waals surface area contributed by atoms with E-state index in [1.54, 1.807) is 0 Å². The number of ether oxygens (including phenoxy) is 2. The summed E-state index contributed by atoms with van der Waals surface area (Å²) >= 11 is 0. The minimum atomic E-state index is -0.786. The van der Waals surface area contributed by atoms with Gasteiger partial charge in [-0.25, -0.2) is 4.90 Å². The van der Waals surface area contributed by atoms with Crippen molar-refractivity contribution in [2.45, 2.75) is 109 Å². The van der Waals surface area contributed by atoms with Crippen LogP contribution in [-0.4, -0.2) is 52.0 Å². The van der Waals surface area contributed by atoms with E-state index < -0.39 is 17.2 Å². The standard InChI is InChI=1S/C29H41NO5/c1-16-9-20-19(21(31)10-16)11-22(32)24-25(20,3)15-29-27(5,26(24,4)13-23(33)35-29)6-7-28-12-17(2)8-18(34-28)14-30(28)29/h17-21,24,31H,1,6-15H2,2-5H3/t17-,18+,19-,20+,21-,24-,25-,26-,27-,28?,29+/m0/s1. The van der Waals surface area contributed by atoms with Crippen LogP contribution in [0.2, 0.25) is 0 Å². The molecule has 1 unspecified atom stereocenters. The summed E-state index contributed by atoms with van der Waals surface area (Å²) in [4.78, 5) is 30.0. The fourth-order valence-electron chi connectivity index (χ4n) is 11.2. The van der Waals surface area contributed by atoms with Crippen LogP contribution in [0.5, 0.6) is 0 Å². The summed E-state index contributed by atoms with van der Waals surface area (Å²) in [5.41, 5.74) is -1.28. The highest BCUT2D eigenvalue weighted by atomic mass is 16.6. The van der Waals surface area contributed by atoms with Crippen LogP contribution in [-0.2, 0) is 19.1 Å². The molecule has 6 heteroatoms. The molecule has 4 heterocycles. The molecule has 192 valence electrons. The van der Waals surface area contributed by atoms with Crippen LogP contribution in [0.3, 0.4) is 0 Å². The van der Waals surface area contributed by atoms with Gasteiger partial charge in [0.2, 0.25) is 0 Å². The third-order valence-electron chi connectivity index (χ3n) is 12.5. The summed E-state index contributed by atoms with van der Waals surface area (Å²) in [5.74, 6) is 0.574. The molecule has 3 saturated carbocycles. The van der Waals surface area contributed by atoms with E-state index in [1.807, 2.05) is 0 Å². The van der Waals surface area contributed by atoms with Gasteiger partial charge in [-0.3, -0.25) is 9.59 Å². The fourth-order valence-corrected chi connectivity index (χ4v) is 11.2. The number of esters is 1. The molecule has 7 fully saturated rings. The molecule has 4 aliphatic heterocycles. The van der Waals surface area contributed by atoms with E-state index in [-0.39, 0.29) is 52.2 Å². The number of rotatable bonds is 0. The van der Waals surface area contributed by atoms with Crippen molar-refractivity contribution in [3.05, 3.63) is 12.2 Å². The Labute approximate surface area is 208 Å². The Bertz CT molecular complexity index is 1040. The monoisotopic (exact) mass is 483 g/mol. The molecule has 0 aromatic rings. The Morgan fingerprint density at radius 2 is 1.89 bits per heavy atom. The number of aliphatic hydroxyl groups is 1. The highest BCUT2D eigenvalue weighted by Crippen LogP contribution is 2.77. The Kier molecular flexibility index (Phi) is 4.32. The Morgan fingerprint density at radius 1 is 1.11 bits per heavy atom. The van der Waals surface area contributed by atoms with Gasteiger partial charge in [-0.15, -0.1) is 0 Å². The van der Waals surface area contributed by atoms with E-state index in [0.717, 1.165) is 44.2 Å². The van der Waals surface area contributed by atoms with Gasteiger partial charge in [0, 0.05) is 30.7 Å². The van der Waals surface area contributed by atoms with Crippen molar-refractivity contribution < 1.29 is 24.2 Å². The largest absolute Gasteiger partial charge is 0.443 e. The van der Waals surface area contributed by atoms with Crippen molar-refractivity contribution in [3.8, 4) is 0 Å². The zero-order chi connectivity index (χ0) is 24.8. The van der Waals surface area contributed by atoms with Crippen molar-refractivity contribution in [1.82, 2.24) is 4.90 Å². The normalized spacial score (nSPS) is 59.2. The van der Waals surface area contributed by atoms with Gasteiger partial charge in [0.15, 0.2) is 5.72 Å². The van der Waals surface area contributed by atoms with Crippen molar-refractivity contribution in [3.63, 3.8) is 0 Å². The van der Waals surface area contributed by atoms with E-state index in [4.69, 9.17) is 9.47 Å². The molecule has 6 nitrogen and oxygen atoms in total. The van der Waals surface area contributed by atoms with Crippen LogP contribution in [0, 0.1) is 39.9 Å². The van der Waals surface area contributed by atoms with Crippen LogP contribution in [0.1, 0.15) is 85.5 Å². The molecular formula is C29H41NO5. The molecule has 3 aliphatic carbocycles. The van der Waals surface area contributed by atoms with Crippen LogP contribution >= 0.6 is 0 Å². The maximum absolute atomic E-state index is 14.1. The topological polar surface area (TPSA) is 76.1 Å². The number of nitrogens with zero attached hydrogens (tertiary/aromatic N) is 1. The smallest absolute Gasteiger partial charge is 0.308 e. The highest BCUT2D eigenvalue weighted by molar-refractivity contribution is 5.86. The number of ketones is 1. The van der Waals surface area contributed by atoms with Crippen molar-refractivity contribution in [1.29, 1.82) is 0 Å². The molecule has 1 N–H and O–H groups in total. The van der Waals surface area contributed by atoms with E-state index >= 15 is 0 Å². The number of piperidine rings is 1. The first-order valence-corrected chi connectivity index (χ1v) is 13.9. The second-order valence-corrected chi connectivity index (χ2v) is 14.3. The average Bonchev–Trinajstić information content (AvgIpc) is 3.01. The third kappa shape index (κ3) is 2.48. The zero-order valence-corrected chi connectivity index (χ0v) is 21.8. The van der Waals surface area contributed by atoms with E-state index in [1.165, 1.54) is 0 Å². The van der Waals surface area contributed by atoms with Crippen LogP contribution in [0.15, 0.2) is 12.2 Å². The number of Topliss-reactive ketones (excluding diaryl/α,β-unsaturated/α-hetero) is 1. The molecule has 11 atom stereocenters. The van der Waals surface area contributed by atoms with Gasteiger partial charge in [-0.2, -0.15) is 0 Å². The molecule has 0 amide bonds. The van der Waals surface area contributed by atoms with Gasteiger partial charge < -0.3 is 14.6 Å². The highest BCUT2D eigenvalue weighted by Gasteiger charge is 2.82.